The van der Waals surface area contributed by atoms with Gasteiger partial charge >= 0.3 is 5.97 Å². The Morgan fingerprint density at radius 3 is 2.64 bits per heavy atom. The van der Waals surface area contributed by atoms with Gasteiger partial charge in [-0.1, -0.05) is 23.1 Å². The lowest BCUT2D eigenvalue weighted by Crippen LogP contribution is -2.54. The number of thiazole rings is 1. The van der Waals surface area contributed by atoms with Gasteiger partial charge < -0.3 is 20.7 Å². The van der Waals surface area contributed by atoms with Gasteiger partial charge in [0.2, 0.25) is 11.8 Å². The molecule has 2 heterocycles. The Morgan fingerprint density at radius 1 is 1.32 bits per heavy atom. The normalized spacial score (nSPS) is 16.1. The zero-order chi connectivity index (χ0) is 20.8. The molecule has 0 fully saturated rings. The standard InChI is InChI=1S/C15H17N5O6S2/c1-4-26-13(25)10-6(2)16-15(28-10)18-8(22)5-27-14-19-11(23)9(12(24)20-14)17-7(3)21/h9H,4-5H2,1-3H3,(H,17,21)(H,16,18,22)(H,19,20,23,24). The molecule has 1 aromatic heterocycles. The predicted octanol–water partition coefficient (Wildman–Crippen LogP) is -0.183. The number of carbonyl (C=O) groups is 5. The quantitative estimate of drug-likeness (QED) is 0.417. The zero-order valence-electron chi connectivity index (χ0n) is 15.2. The molecule has 0 bridgehead atoms. The number of esters is 1. The number of amidine groups is 1. The van der Waals surface area contributed by atoms with E-state index in [1.165, 1.54) is 6.92 Å². The largest absolute Gasteiger partial charge is 0.462 e. The van der Waals surface area contributed by atoms with Gasteiger partial charge in [-0.3, -0.25) is 19.2 Å². The maximum atomic E-state index is 12.1. The summed E-state index contributed by atoms with van der Waals surface area (Å²) in [5.74, 6) is -3.24. The molecule has 0 saturated heterocycles. The summed E-state index contributed by atoms with van der Waals surface area (Å²) in [4.78, 5) is 66.5. The Kier molecular flexibility index (Phi) is 7.23. The Morgan fingerprint density at radius 2 is 2.04 bits per heavy atom. The molecule has 0 spiro atoms. The molecule has 1 aliphatic heterocycles. The third-order valence-electron chi connectivity index (χ3n) is 3.14. The van der Waals surface area contributed by atoms with Gasteiger partial charge in [0.25, 0.3) is 11.8 Å². The number of aliphatic imine (C=N–C) groups is 1. The van der Waals surface area contributed by atoms with Crippen LogP contribution in [0.2, 0.25) is 0 Å². The summed E-state index contributed by atoms with van der Waals surface area (Å²) in [5.41, 5.74) is 0.435. The summed E-state index contributed by atoms with van der Waals surface area (Å²) in [6.45, 7) is 4.71. The van der Waals surface area contributed by atoms with E-state index >= 15 is 0 Å². The van der Waals surface area contributed by atoms with Crippen LogP contribution in [-0.2, 0) is 23.9 Å². The van der Waals surface area contributed by atoms with Crippen LogP contribution in [0.4, 0.5) is 5.13 Å². The van der Waals surface area contributed by atoms with E-state index < -0.39 is 35.6 Å². The number of aromatic nitrogens is 1. The lowest BCUT2D eigenvalue weighted by Gasteiger charge is -2.19. The summed E-state index contributed by atoms with van der Waals surface area (Å²) in [5, 5.41) is 7.24. The fourth-order valence-electron chi connectivity index (χ4n) is 2.01. The van der Waals surface area contributed by atoms with Crippen molar-refractivity contribution in [3.63, 3.8) is 0 Å². The van der Waals surface area contributed by atoms with Gasteiger partial charge in [-0.2, -0.15) is 4.99 Å². The highest BCUT2D eigenvalue weighted by Gasteiger charge is 2.32. The van der Waals surface area contributed by atoms with Gasteiger partial charge in [-0.05, 0) is 13.8 Å². The highest BCUT2D eigenvalue weighted by atomic mass is 32.2. The number of aryl methyl sites for hydroxylation is 1. The van der Waals surface area contributed by atoms with Crippen LogP contribution in [0.3, 0.4) is 0 Å². The highest BCUT2D eigenvalue weighted by Crippen LogP contribution is 2.23. The van der Waals surface area contributed by atoms with E-state index in [2.05, 4.69) is 25.9 Å². The maximum absolute atomic E-state index is 12.1. The third-order valence-corrected chi connectivity index (χ3v) is 5.07. The molecule has 3 N–H and O–H groups in total. The molecular formula is C15H17N5O6S2. The number of hydrogen-bond donors (Lipinski definition) is 3. The minimum absolute atomic E-state index is 0.0470. The van der Waals surface area contributed by atoms with E-state index in [9.17, 15) is 24.0 Å². The molecule has 0 unspecified atom stereocenters. The summed E-state index contributed by atoms with van der Waals surface area (Å²) >= 11 is 1.82. The van der Waals surface area contributed by atoms with Gasteiger partial charge in [0.15, 0.2) is 16.3 Å². The lowest BCUT2D eigenvalue weighted by molar-refractivity contribution is -0.134. The van der Waals surface area contributed by atoms with Crippen molar-refractivity contribution in [1.29, 1.82) is 0 Å². The molecule has 2 rings (SSSR count). The number of carbonyl (C=O) groups excluding carboxylic acids is 5. The van der Waals surface area contributed by atoms with Crippen molar-refractivity contribution in [2.24, 2.45) is 4.99 Å². The number of hydrogen-bond acceptors (Lipinski definition) is 9. The molecule has 0 saturated carbocycles. The molecule has 0 aromatic carbocycles. The first-order valence-electron chi connectivity index (χ1n) is 7.99. The van der Waals surface area contributed by atoms with E-state index in [0.29, 0.717) is 10.6 Å². The first kappa shape index (κ1) is 21.5. The van der Waals surface area contributed by atoms with Crippen LogP contribution in [-0.4, -0.2) is 58.2 Å². The van der Waals surface area contributed by atoms with Crippen LogP contribution in [0, 0.1) is 6.92 Å². The maximum Gasteiger partial charge on any atom is 0.350 e. The molecule has 28 heavy (non-hydrogen) atoms. The second-order valence-electron chi connectivity index (χ2n) is 5.37. The summed E-state index contributed by atoms with van der Waals surface area (Å²) in [6.07, 6.45) is 0. The van der Waals surface area contributed by atoms with Crippen molar-refractivity contribution in [2.75, 3.05) is 17.7 Å². The number of amides is 4. The van der Waals surface area contributed by atoms with Crippen molar-refractivity contribution < 1.29 is 28.7 Å². The minimum Gasteiger partial charge on any atom is -0.462 e. The van der Waals surface area contributed by atoms with Crippen molar-refractivity contribution in [3.8, 4) is 0 Å². The highest BCUT2D eigenvalue weighted by molar-refractivity contribution is 8.14. The van der Waals surface area contributed by atoms with E-state index in [0.717, 1.165) is 23.1 Å². The van der Waals surface area contributed by atoms with Crippen LogP contribution in [0.5, 0.6) is 0 Å². The third kappa shape index (κ3) is 5.60. The van der Waals surface area contributed by atoms with Crippen molar-refractivity contribution in [3.05, 3.63) is 10.6 Å². The number of ether oxygens (including phenoxy) is 1. The van der Waals surface area contributed by atoms with Crippen LogP contribution in [0.25, 0.3) is 0 Å². The second-order valence-corrected chi connectivity index (χ2v) is 7.33. The van der Waals surface area contributed by atoms with Crippen LogP contribution < -0.4 is 16.0 Å². The van der Waals surface area contributed by atoms with Gasteiger partial charge in [0.1, 0.15) is 4.88 Å². The van der Waals surface area contributed by atoms with Crippen LogP contribution >= 0.6 is 23.1 Å². The van der Waals surface area contributed by atoms with E-state index in [-0.39, 0.29) is 22.7 Å². The molecule has 1 atom stereocenters. The minimum atomic E-state index is -1.38. The Labute approximate surface area is 167 Å². The van der Waals surface area contributed by atoms with Gasteiger partial charge in [-0.25, -0.2) is 9.78 Å². The number of nitrogens with one attached hydrogen (secondary N) is 3. The van der Waals surface area contributed by atoms with Gasteiger partial charge in [0.05, 0.1) is 18.1 Å². The molecule has 11 nitrogen and oxygen atoms in total. The monoisotopic (exact) mass is 427 g/mol. The fraction of sp³-hybridized carbons (Fsp3) is 0.400. The Hall–Kier alpha value is -2.80. The fourth-order valence-corrected chi connectivity index (χ4v) is 3.55. The van der Waals surface area contributed by atoms with E-state index in [1.54, 1.807) is 13.8 Å². The van der Waals surface area contributed by atoms with E-state index in [4.69, 9.17) is 4.74 Å². The van der Waals surface area contributed by atoms with Crippen molar-refractivity contribution in [2.45, 2.75) is 26.8 Å². The molecule has 4 amide bonds. The average molecular weight is 427 g/mol. The molecule has 0 radical (unpaired) electrons. The topological polar surface area (TPSA) is 156 Å². The predicted molar refractivity (Wildman–Crippen MR) is 102 cm³/mol. The molecule has 150 valence electrons. The lowest BCUT2D eigenvalue weighted by atomic mass is 10.2. The number of rotatable bonds is 6. The summed E-state index contributed by atoms with van der Waals surface area (Å²) in [6, 6.07) is -1.38. The first-order valence-corrected chi connectivity index (χ1v) is 9.79. The van der Waals surface area contributed by atoms with Crippen molar-refractivity contribution in [1.82, 2.24) is 15.6 Å². The molecular weight excluding hydrogens is 410 g/mol. The Bertz CT molecular complexity index is 865. The molecule has 1 aliphatic rings. The van der Waals surface area contributed by atoms with Gasteiger partial charge in [0, 0.05) is 6.92 Å². The SMILES string of the molecule is CCOC(=O)c1sc(NC(=O)CSC2=NC(=O)[C@H](NC(C)=O)C(=O)N2)nc1C. The van der Waals surface area contributed by atoms with Crippen LogP contribution in [0.1, 0.15) is 29.2 Å². The van der Waals surface area contributed by atoms with E-state index in [1.807, 2.05) is 0 Å². The van der Waals surface area contributed by atoms with Crippen LogP contribution in [0.15, 0.2) is 4.99 Å². The number of thioether (sulfide) groups is 1. The molecule has 1 aromatic rings. The zero-order valence-corrected chi connectivity index (χ0v) is 16.8. The summed E-state index contributed by atoms with van der Waals surface area (Å²) < 4.78 is 4.91. The molecule has 13 heteroatoms. The van der Waals surface area contributed by atoms with Gasteiger partial charge in [-0.15, -0.1) is 0 Å². The number of anilines is 1. The summed E-state index contributed by atoms with van der Waals surface area (Å²) in [7, 11) is 0. The molecule has 0 aliphatic carbocycles. The Balaban J connectivity index is 1.92. The average Bonchev–Trinajstić information content (AvgIpc) is 2.96. The number of nitrogens with zero attached hydrogens (tertiary/aromatic N) is 2. The first-order chi connectivity index (χ1) is 13.2. The van der Waals surface area contributed by atoms with Crippen molar-refractivity contribution >= 4 is 63.0 Å². The smallest absolute Gasteiger partial charge is 0.350 e. The second kappa shape index (κ2) is 9.41.